The molecular weight excluding hydrogens is 538 g/mol. The summed E-state index contributed by atoms with van der Waals surface area (Å²) in [5.41, 5.74) is 12.2. The number of nitrogens with two attached hydrogens (primary N) is 2. The first-order chi connectivity index (χ1) is 19.3. The summed E-state index contributed by atoms with van der Waals surface area (Å²) in [7, 11) is 0. The van der Waals surface area contributed by atoms with Crippen molar-refractivity contribution in [1.82, 2.24) is 16.0 Å². The summed E-state index contributed by atoms with van der Waals surface area (Å²) in [6.07, 6.45) is -1.56. The average molecular weight is 572 g/mol. The fourth-order valence-corrected chi connectivity index (χ4v) is 3.79. The number of nitrogens with one attached hydrogen (secondary N) is 3. The maximum Gasteiger partial charge on any atom is 0.326 e. The Hall–Kier alpha value is -4.98. The van der Waals surface area contributed by atoms with Crippen LogP contribution in [0.1, 0.15) is 30.4 Å². The SMILES string of the molecule is NC(=O)CCC(NC(=O)C(Cc1ccc(O)cc1)NC(=O)C(CC(=O)O)NC(=O)C(N)Cc1ccccc1)C(=O)O. The van der Waals surface area contributed by atoms with E-state index in [2.05, 4.69) is 16.0 Å². The van der Waals surface area contributed by atoms with Gasteiger partial charge in [0.25, 0.3) is 0 Å². The molecule has 220 valence electrons. The van der Waals surface area contributed by atoms with Gasteiger partial charge in [-0.05, 0) is 36.1 Å². The van der Waals surface area contributed by atoms with Crippen LogP contribution in [-0.4, -0.2) is 75.1 Å². The fraction of sp³-hybridized carbons (Fsp3) is 0.333. The first-order valence-electron chi connectivity index (χ1n) is 12.6. The molecule has 14 heteroatoms. The Morgan fingerprint density at radius 3 is 1.80 bits per heavy atom. The van der Waals surface area contributed by atoms with E-state index in [9.17, 15) is 44.1 Å². The van der Waals surface area contributed by atoms with Gasteiger partial charge in [0.15, 0.2) is 0 Å². The lowest BCUT2D eigenvalue weighted by Crippen LogP contribution is -2.58. The second-order valence-electron chi connectivity index (χ2n) is 9.29. The predicted molar refractivity (Wildman–Crippen MR) is 144 cm³/mol. The zero-order valence-corrected chi connectivity index (χ0v) is 22.0. The Kier molecular flexibility index (Phi) is 12.2. The van der Waals surface area contributed by atoms with E-state index in [1.165, 1.54) is 24.3 Å². The van der Waals surface area contributed by atoms with Gasteiger partial charge in [0.2, 0.25) is 23.6 Å². The number of rotatable bonds is 16. The monoisotopic (exact) mass is 571 g/mol. The molecule has 2 aromatic rings. The number of benzene rings is 2. The molecule has 0 bridgehead atoms. The zero-order chi connectivity index (χ0) is 30.5. The highest BCUT2D eigenvalue weighted by atomic mass is 16.4. The summed E-state index contributed by atoms with van der Waals surface area (Å²) in [6, 6.07) is 8.68. The highest BCUT2D eigenvalue weighted by molar-refractivity contribution is 5.95. The Morgan fingerprint density at radius 2 is 1.24 bits per heavy atom. The Bertz CT molecular complexity index is 1240. The van der Waals surface area contributed by atoms with E-state index < -0.39 is 66.2 Å². The molecule has 0 aliphatic carbocycles. The van der Waals surface area contributed by atoms with Crippen LogP contribution in [0.4, 0.5) is 0 Å². The maximum absolute atomic E-state index is 13.2. The molecule has 2 aromatic carbocycles. The van der Waals surface area contributed by atoms with Crippen molar-refractivity contribution in [3.05, 3.63) is 65.7 Å². The first-order valence-corrected chi connectivity index (χ1v) is 12.6. The van der Waals surface area contributed by atoms with E-state index in [0.717, 1.165) is 5.56 Å². The van der Waals surface area contributed by atoms with Gasteiger partial charge >= 0.3 is 11.9 Å². The molecule has 4 atom stereocenters. The molecule has 0 aliphatic rings. The average Bonchev–Trinajstić information content (AvgIpc) is 2.91. The molecule has 2 rings (SSSR count). The van der Waals surface area contributed by atoms with Crippen molar-refractivity contribution >= 4 is 35.6 Å². The van der Waals surface area contributed by atoms with Crippen LogP contribution in [0.5, 0.6) is 5.75 Å². The van der Waals surface area contributed by atoms with Gasteiger partial charge in [-0.2, -0.15) is 0 Å². The van der Waals surface area contributed by atoms with Crippen LogP contribution in [0.15, 0.2) is 54.6 Å². The lowest BCUT2D eigenvalue weighted by Gasteiger charge is -2.25. The largest absolute Gasteiger partial charge is 0.508 e. The predicted octanol–water partition coefficient (Wildman–Crippen LogP) is -1.22. The fourth-order valence-electron chi connectivity index (χ4n) is 3.79. The molecule has 4 unspecified atom stereocenters. The molecule has 0 spiro atoms. The van der Waals surface area contributed by atoms with Crippen molar-refractivity contribution < 1.29 is 44.1 Å². The molecule has 0 saturated carbocycles. The summed E-state index contributed by atoms with van der Waals surface area (Å²) in [4.78, 5) is 73.2. The van der Waals surface area contributed by atoms with Crippen molar-refractivity contribution in [2.45, 2.75) is 56.3 Å². The number of aliphatic carboxylic acids is 2. The Labute approximate surface area is 235 Å². The van der Waals surface area contributed by atoms with Gasteiger partial charge in [-0.3, -0.25) is 24.0 Å². The van der Waals surface area contributed by atoms with E-state index in [1.807, 2.05) is 0 Å². The number of phenols is 1. The molecule has 14 nitrogen and oxygen atoms in total. The summed E-state index contributed by atoms with van der Waals surface area (Å²) in [5.74, 6) is -6.49. The smallest absolute Gasteiger partial charge is 0.326 e. The lowest BCUT2D eigenvalue weighted by atomic mass is 10.0. The number of primary amides is 1. The van der Waals surface area contributed by atoms with Crippen molar-refractivity contribution in [3.8, 4) is 5.75 Å². The van der Waals surface area contributed by atoms with Crippen LogP contribution in [-0.2, 0) is 41.6 Å². The molecular formula is C27H33N5O9. The van der Waals surface area contributed by atoms with Crippen molar-refractivity contribution in [2.75, 3.05) is 0 Å². The maximum atomic E-state index is 13.2. The molecule has 10 N–H and O–H groups in total. The van der Waals surface area contributed by atoms with Gasteiger partial charge in [0.05, 0.1) is 12.5 Å². The summed E-state index contributed by atoms with van der Waals surface area (Å²) >= 11 is 0. The first kappa shape index (κ1) is 32.2. The molecule has 0 saturated heterocycles. The zero-order valence-electron chi connectivity index (χ0n) is 22.0. The second-order valence-corrected chi connectivity index (χ2v) is 9.29. The number of hydrogen-bond acceptors (Lipinski definition) is 8. The topological polar surface area (TPSA) is 251 Å². The minimum Gasteiger partial charge on any atom is -0.508 e. The normalized spacial score (nSPS) is 13.6. The number of carbonyl (C=O) groups excluding carboxylic acids is 4. The molecule has 0 aliphatic heterocycles. The highest BCUT2D eigenvalue weighted by Crippen LogP contribution is 2.12. The highest BCUT2D eigenvalue weighted by Gasteiger charge is 2.31. The molecule has 41 heavy (non-hydrogen) atoms. The minimum atomic E-state index is -1.62. The van der Waals surface area contributed by atoms with Gasteiger partial charge in [-0.15, -0.1) is 0 Å². The van der Waals surface area contributed by atoms with Crippen molar-refractivity contribution in [2.24, 2.45) is 11.5 Å². The van der Waals surface area contributed by atoms with E-state index in [4.69, 9.17) is 11.5 Å². The van der Waals surface area contributed by atoms with Gasteiger partial charge in [0.1, 0.15) is 23.9 Å². The standard InChI is InChI=1S/C27H33N5O9/c28-18(12-15-4-2-1-3-5-15)24(37)31-21(14-23(35)36)26(39)32-20(13-16-6-8-17(33)9-7-16)25(38)30-19(27(40)41)10-11-22(29)34/h1-9,18-21,33H,10-14,28H2,(H2,29,34)(H,30,38)(H,31,37)(H,32,39)(H,35,36)(H,40,41). The van der Waals surface area contributed by atoms with Gasteiger partial charge < -0.3 is 42.7 Å². The van der Waals surface area contributed by atoms with Crippen LogP contribution >= 0.6 is 0 Å². The minimum absolute atomic E-state index is 0.0627. The summed E-state index contributed by atoms with van der Waals surface area (Å²) in [5, 5.41) is 35.3. The third-order valence-corrected chi connectivity index (χ3v) is 5.95. The van der Waals surface area contributed by atoms with E-state index >= 15 is 0 Å². The van der Waals surface area contributed by atoms with Crippen LogP contribution in [0, 0.1) is 0 Å². The molecule has 0 fully saturated rings. The van der Waals surface area contributed by atoms with Crippen LogP contribution in [0.25, 0.3) is 0 Å². The van der Waals surface area contributed by atoms with E-state index in [0.29, 0.717) is 5.56 Å². The van der Waals surface area contributed by atoms with Crippen LogP contribution < -0.4 is 27.4 Å². The van der Waals surface area contributed by atoms with Crippen molar-refractivity contribution in [3.63, 3.8) is 0 Å². The van der Waals surface area contributed by atoms with E-state index in [1.54, 1.807) is 30.3 Å². The quantitative estimate of drug-likeness (QED) is 0.119. The van der Waals surface area contributed by atoms with Gasteiger partial charge in [-0.25, -0.2) is 4.79 Å². The lowest BCUT2D eigenvalue weighted by molar-refractivity contribution is -0.143. The number of hydrogen-bond donors (Lipinski definition) is 8. The molecule has 0 radical (unpaired) electrons. The summed E-state index contributed by atoms with van der Waals surface area (Å²) < 4.78 is 0. The van der Waals surface area contributed by atoms with E-state index in [-0.39, 0.29) is 31.4 Å². The summed E-state index contributed by atoms with van der Waals surface area (Å²) in [6.45, 7) is 0. The molecule has 0 aromatic heterocycles. The second kappa shape index (κ2) is 15.6. The van der Waals surface area contributed by atoms with Crippen LogP contribution in [0.3, 0.4) is 0 Å². The number of carboxylic acid groups (broad SMARTS) is 2. The Morgan fingerprint density at radius 1 is 0.707 bits per heavy atom. The number of carboxylic acids is 2. The number of aromatic hydroxyl groups is 1. The van der Waals surface area contributed by atoms with Gasteiger partial charge in [0, 0.05) is 12.8 Å². The van der Waals surface area contributed by atoms with Crippen LogP contribution in [0.2, 0.25) is 0 Å². The third kappa shape index (κ3) is 11.3. The number of carbonyl (C=O) groups is 6. The number of phenolic OH excluding ortho intramolecular Hbond substituents is 1. The molecule has 0 heterocycles. The van der Waals surface area contributed by atoms with Gasteiger partial charge in [-0.1, -0.05) is 42.5 Å². The number of amides is 4. The molecule has 4 amide bonds. The third-order valence-electron chi connectivity index (χ3n) is 5.95. The van der Waals surface area contributed by atoms with Crippen molar-refractivity contribution in [1.29, 1.82) is 0 Å². The Balaban J connectivity index is 2.23.